The van der Waals surface area contributed by atoms with E-state index in [9.17, 15) is 22.8 Å². The van der Waals surface area contributed by atoms with Crippen LogP contribution in [0.5, 0.6) is 0 Å². The van der Waals surface area contributed by atoms with E-state index in [1.165, 1.54) is 12.1 Å². The molecule has 0 saturated carbocycles. The molecule has 1 amide bonds. The van der Waals surface area contributed by atoms with Gasteiger partial charge in [0.1, 0.15) is 0 Å². The fourth-order valence-corrected chi connectivity index (χ4v) is 3.16. The van der Waals surface area contributed by atoms with Crippen molar-refractivity contribution in [3.05, 3.63) is 75.9 Å². The number of hydrogen-bond acceptors (Lipinski definition) is 5. The molecule has 164 valence electrons. The van der Waals surface area contributed by atoms with Gasteiger partial charge in [-0.15, -0.1) is 0 Å². The Balaban J connectivity index is 1.43. The van der Waals surface area contributed by atoms with Gasteiger partial charge in [0.15, 0.2) is 0 Å². The lowest BCUT2D eigenvalue weighted by molar-refractivity contribution is -0.137. The van der Waals surface area contributed by atoms with E-state index in [1.807, 2.05) is 25.1 Å². The number of nitrogens with zero attached hydrogens (tertiary/aromatic N) is 2. The Morgan fingerprint density at radius 2 is 1.97 bits per heavy atom. The average Bonchev–Trinajstić information content (AvgIpc) is 3.20. The molecule has 10 heteroatoms. The standard InChI is InChI=1S/C22H17F3N4O3/c1-12-5-6-13-10-16(21(31)27-17(13)9-12)20-28-19(32-29-20)8-7-18(30)26-15-4-2-3-14(11-15)22(23,24)25/h2-6,9-11H,7-8H2,1H3,(H,26,30)(H,27,31). The normalized spacial score (nSPS) is 11.6. The molecule has 2 aromatic heterocycles. The lowest BCUT2D eigenvalue weighted by atomic mass is 10.1. The van der Waals surface area contributed by atoms with Gasteiger partial charge in [0, 0.05) is 24.0 Å². The SMILES string of the molecule is Cc1ccc2cc(-c3noc(CCC(=O)Nc4cccc(C(F)(F)F)c4)n3)c(=O)[nH]c2c1. The second kappa shape index (κ2) is 8.29. The Hall–Kier alpha value is -3.95. The summed E-state index contributed by atoms with van der Waals surface area (Å²) in [5, 5.41) is 7.03. The molecule has 7 nitrogen and oxygen atoms in total. The number of hydrogen-bond donors (Lipinski definition) is 2. The van der Waals surface area contributed by atoms with E-state index in [4.69, 9.17) is 4.52 Å². The molecule has 4 rings (SSSR count). The van der Waals surface area contributed by atoms with Gasteiger partial charge in [0.05, 0.1) is 11.1 Å². The number of anilines is 1. The van der Waals surface area contributed by atoms with Crippen molar-refractivity contribution in [2.24, 2.45) is 0 Å². The first-order valence-electron chi connectivity index (χ1n) is 9.63. The Morgan fingerprint density at radius 3 is 2.75 bits per heavy atom. The fraction of sp³-hybridized carbons (Fsp3) is 0.182. The Labute approximate surface area is 179 Å². The summed E-state index contributed by atoms with van der Waals surface area (Å²) < 4.78 is 43.5. The van der Waals surface area contributed by atoms with Crippen LogP contribution in [-0.2, 0) is 17.4 Å². The van der Waals surface area contributed by atoms with Crippen LogP contribution in [0.4, 0.5) is 18.9 Å². The topological polar surface area (TPSA) is 101 Å². The van der Waals surface area contributed by atoms with Crippen molar-refractivity contribution in [2.75, 3.05) is 5.32 Å². The van der Waals surface area contributed by atoms with Crippen molar-refractivity contribution >= 4 is 22.5 Å². The van der Waals surface area contributed by atoms with E-state index in [0.717, 1.165) is 23.1 Å². The molecule has 0 fully saturated rings. The number of carbonyl (C=O) groups excluding carboxylic acids is 1. The zero-order valence-corrected chi connectivity index (χ0v) is 16.8. The minimum Gasteiger partial charge on any atom is -0.339 e. The van der Waals surface area contributed by atoms with Crippen LogP contribution < -0.4 is 10.9 Å². The van der Waals surface area contributed by atoms with E-state index in [0.29, 0.717) is 5.52 Å². The predicted molar refractivity (Wildman–Crippen MR) is 111 cm³/mol. The molecule has 32 heavy (non-hydrogen) atoms. The second-order valence-electron chi connectivity index (χ2n) is 7.24. The number of halogens is 3. The van der Waals surface area contributed by atoms with Gasteiger partial charge in [-0.25, -0.2) is 0 Å². The van der Waals surface area contributed by atoms with Gasteiger partial charge in [0.2, 0.25) is 17.6 Å². The molecule has 0 unspecified atom stereocenters. The first-order valence-corrected chi connectivity index (χ1v) is 9.63. The summed E-state index contributed by atoms with van der Waals surface area (Å²) in [6.45, 7) is 1.92. The van der Waals surface area contributed by atoms with Gasteiger partial charge < -0.3 is 14.8 Å². The van der Waals surface area contributed by atoms with Crippen molar-refractivity contribution in [3.63, 3.8) is 0 Å². The molecule has 0 bridgehead atoms. The third kappa shape index (κ3) is 4.69. The number of aromatic amines is 1. The molecule has 4 aromatic rings. The molecule has 0 aliphatic heterocycles. The Kier molecular flexibility index (Phi) is 5.52. The highest BCUT2D eigenvalue weighted by atomic mass is 19.4. The lowest BCUT2D eigenvalue weighted by Gasteiger charge is -2.09. The summed E-state index contributed by atoms with van der Waals surface area (Å²) >= 11 is 0. The van der Waals surface area contributed by atoms with Crippen LogP contribution in [0.25, 0.3) is 22.3 Å². The van der Waals surface area contributed by atoms with Crippen molar-refractivity contribution in [1.82, 2.24) is 15.1 Å². The molecule has 0 spiro atoms. The molecule has 0 aliphatic rings. The number of aryl methyl sites for hydroxylation is 2. The number of amides is 1. The zero-order chi connectivity index (χ0) is 22.9. The Bertz CT molecular complexity index is 1360. The van der Waals surface area contributed by atoms with E-state index < -0.39 is 17.6 Å². The van der Waals surface area contributed by atoms with Gasteiger partial charge in [-0.1, -0.05) is 23.4 Å². The molecular formula is C22H17F3N4O3. The minimum absolute atomic E-state index is 0.0361. The zero-order valence-electron chi connectivity index (χ0n) is 16.8. The van der Waals surface area contributed by atoms with Crippen LogP contribution in [0.3, 0.4) is 0 Å². The quantitative estimate of drug-likeness (QED) is 0.475. The maximum atomic E-state index is 12.8. The Morgan fingerprint density at radius 1 is 1.16 bits per heavy atom. The summed E-state index contributed by atoms with van der Waals surface area (Å²) in [5.41, 5.74) is 0.726. The van der Waals surface area contributed by atoms with Gasteiger partial charge in [0.25, 0.3) is 5.56 Å². The van der Waals surface area contributed by atoms with Gasteiger partial charge in [-0.2, -0.15) is 18.2 Å². The van der Waals surface area contributed by atoms with Crippen LogP contribution in [0.1, 0.15) is 23.4 Å². The van der Waals surface area contributed by atoms with Crippen LogP contribution >= 0.6 is 0 Å². The smallest absolute Gasteiger partial charge is 0.339 e. The number of fused-ring (bicyclic) bond motifs is 1. The van der Waals surface area contributed by atoms with Gasteiger partial charge in [-0.3, -0.25) is 9.59 Å². The third-order valence-electron chi connectivity index (χ3n) is 4.75. The monoisotopic (exact) mass is 442 g/mol. The number of alkyl halides is 3. The lowest BCUT2D eigenvalue weighted by Crippen LogP contribution is -2.13. The van der Waals surface area contributed by atoms with Crippen LogP contribution in [0.2, 0.25) is 0 Å². The number of aromatic nitrogens is 3. The molecule has 0 atom stereocenters. The van der Waals surface area contributed by atoms with Crippen LogP contribution in [0, 0.1) is 6.92 Å². The number of pyridine rings is 1. The highest BCUT2D eigenvalue weighted by Crippen LogP contribution is 2.30. The molecule has 2 aromatic carbocycles. The second-order valence-corrected chi connectivity index (χ2v) is 7.24. The number of carbonyl (C=O) groups is 1. The van der Waals surface area contributed by atoms with E-state index in [2.05, 4.69) is 20.4 Å². The summed E-state index contributed by atoms with van der Waals surface area (Å²) in [7, 11) is 0. The third-order valence-corrected chi connectivity index (χ3v) is 4.75. The van der Waals surface area contributed by atoms with Crippen molar-refractivity contribution in [2.45, 2.75) is 25.9 Å². The highest BCUT2D eigenvalue weighted by molar-refractivity contribution is 5.90. The summed E-state index contributed by atoms with van der Waals surface area (Å²) in [5.74, 6) is -0.299. The first-order chi connectivity index (χ1) is 15.2. The summed E-state index contributed by atoms with van der Waals surface area (Å²) in [6.07, 6.45) is -4.53. The van der Waals surface area contributed by atoms with E-state index >= 15 is 0 Å². The first kappa shape index (κ1) is 21.3. The van der Waals surface area contributed by atoms with Crippen molar-refractivity contribution < 1.29 is 22.5 Å². The maximum absolute atomic E-state index is 12.8. The van der Waals surface area contributed by atoms with E-state index in [1.54, 1.807) is 6.07 Å². The maximum Gasteiger partial charge on any atom is 0.416 e. The average molecular weight is 442 g/mol. The van der Waals surface area contributed by atoms with Gasteiger partial charge in [-0.05, 0) is 48.2 Å². The molecule has 2 N–H and O–H groups in total. The van der Waals surface area contributed by atoms with Gasteiger partial charge >= 0.3 is 6.18 Å². The molecule has 0 aliphatic carbocycles. The number of rotatable bonds is 5. The largest absolute Gasteiger partial charge is 0.416 e. The molecule has 2 heterocycles. The number of H-pyrrole nitrogens is 1. The number of nitrogens with one attached hydrogen (secondary N) is 2. The molecule has 0 radical (unpaired) electrons. The molecular weight excluding hydrogens is 425 g/mol. The highest BCUT2D eigenvalue weighted by Gasteiger charge is 2.30. The summed E-state index contributed by atoms with van der Waals surface area (Å²) in [6, 6.07) is 11.6. The van der Waals surface area contributed by atoms with Crippen molar-refractivity contribution in [1.29, 1.82) is 0 Å². The summed E-state index contributed by atoms with van der Waals surface area (Å²) in [4.78, 5) is 31.5. The van der Waals surface area contributed by atoms with E-state index in [-0.39, 0.29) is 41.4 Å². The van der Waals surface area contributed by atoms with Crippen LogP contribution in [-0.4, -0.2) is 21.0 Å². The fourth-order valence-electron chi connectivity index (χ4n) is 3.16. The number of benzene rings is 2. The molecule has 0 saturated heterocycles. The predicted octanol–water partition coefficient (Wildman–Crippen LogP) is 4.48. The van der Waals surface area contributed by atoms with Crippen molar-refractivity contribution in [3.8, 4) is 11.4 Å². The minimum atomic E-state index is -4.50. The van der Waals surface area contributed by atoms with Crippen LogP contribution in [0.15, 0.2) is 57.8 Å².